The molecule has 0 aliphatic heterocycles. The summed E-state index contributed by atoms with van der Waals surface area (Å²) in [5, 5.41) is 9.42. The Labute approximate surface area is 257 Å². The van der Waals surface area contributed by atoms with Crippen LogP contribution >= 0.6 is 0 Å². The zero-order valence-corrected chi connectivity index (χ0v) is 25.4. The number of hydrogen-bond donors (Lipinski definition) is 1. The van der Waals surface area contributed by atoms with Crippen LogP contribution < -0.4 is 9.47 Å². The molecule has 4 rings (SSSR count). The standard InChI is InChI=1S/C35H37N3O6/c1-24-10-9-11-26(36-24)23-37(2)34(41)31-14-7-5-12-29(31)30-13-6-8-15-32(30)35(42)38(19-17-33(39)40)18-16-25-20-27(43-3)22-28(21-25)44-4/h5-15,20-22H,16-19,23H2,1-4H3,(H,39,40). The fourth-order valence-corrected chi connectivity index (χ4v) is 5.01. The molecule has 0 saturated heterocycles. The first-order chi connectivity index (χ1) is 21.2. The highest BCUT2D eigenvalue weighted by molar-refractivity contribution is 6.06. The van der Waals surface area contributed by atoms with E-state index >= 15 is 0 Å². The van der Waals surface area contributed by atoms with Crippen molar-refractivity contribution >= 4 is 17.8 Å². The lowest BCUT2D eigenvalue weighted by atomic mass is 9.94. The molecule has 0 spiro atoms. The second-order valence-corrected chi connectivity index (χ2v) is 10.4. The highest BCUT2D eigenvalue weighted by Gasteiger charge is 2.24. The number of benzene rings is 3. The van der Waals surface area contributed by atoms with Crippen molar-refractivity contribution in [2.45, 2.75) is 26.3 Å². The molecule has 9 nitrogen and oxygen atoms in total. The fourth-order valence-electron chi connectivity index (χ4n) is 5.01. The normalized spacial score (nSPS) is 10.6. The van der Waals surface area contributed by atoms with Crippen molar-refractivity contribution in [3.8, 4) is 22.6 Å². The first-order valence-electron chi connectivity index (χ1n) is 14.3. The van der Waals surface area contributed by atoms with Gasteiger partial charge in [-0.15, -0.1) is 0 Å². The molecule has 0 unspecified atom stereocenters. The van der Waals surface area contributed by atoms with Crippen molar-refractivity contribution in [1.29, 1.82) is 0 Å². The van der Waals surface area contributed by atoms with Crippen LogP contribution in [0, 0.1) is 6.92 Å². The van der Waals surface area contributed by atoms with E-state index in [1.54, 1.807) is 61.4 Å². The second kappa shape index (κ2) is 14.8. The molecule has 3 aromatic carbocycles. The number of pyridine rings is 1. The predicted octanol–water partition coefficient (Wildman–Crippen LogP) is 5.51. The Bertz CT molecular complexity index is 1610. The minimum atomic E-state index is -0.999. The minimum Gasteiger partial charge on any atom is -0.497 e. The maximum atomic E-state index is 14.1. The molecule has 0 saturated carbocycles. The van der Waals surface area contributed by atoms with Crippen molar-refractivity contribution in [2.24, 2.45) is 0 Å². The summed E-state index contributed by atoms with van der Waals surface area (Å²) in [6.07, 6.45) is 0.246. The Hall–Kier alpha value is -5.18. The van der Waals surface area contributed by atoms with Crippen molar-refractivity contribution in [3.63, 3.8) is 0 Å². The number of ether oxygens (including phenoxy) is 2. The lowest BCUT2D eigenvalue weighted by molar-refractivity contribution is -0.137. The van der Waals surface area contributed by atoms with E-state index in [0.29, 0.717) is 46.7 Å². The van der Waals surface area contributed by atoms with Gasteiger partial charge in [0.25, 0.3) is 11.8 Å². The SMILES string of the molecule is COc1cc(CCN(CCC(=O)O)C(=O)c2ccccc2-c2ccccc2C(=O)N(C)Cc2cccc(C)n2)cc(OC)c1. The van der Waals surface area contributed by atoms with Crippen molar-refractivity contribution in [1.82, 2.24) is 14.8 Å². The third kappa shape index (κ3) is 8.01. The second-order valence-electron chi connectivity index (χ2n) is 10.4. The molecular formula is C35H37N3O6. The van der Waals surface area contributed by atoms with Gasteiger partial charge in [0.15, 0.2) is 0 Å². The number of aromatic nitrogens is 1. The molecule has 0 aliphatic carbocycles. The molecule has 1 N–H and O–H groups in total. The molecule has 0 bridgehead atoms. The van der Waals surface area contributed by atoms with Gasteiger partial charge in [-0.05, 0) is 66.4 Å². The molecule has 1 aromatic heterocycles. The summed E-state index contributed by atoms with van der Waals surface area (Å²) in [6.45, 7) is 2.52. The zero-order valence-electron chi connectivity index (χ0n) is 25.4. The summed E-state index contributed by atoms with van der Waals surface area (Å²) >= 11 is 0. The number of amides is 2. The van der Waals surface area contributed by atoms with Gasteiger partial charge >= 0.3 is 5.97 Å². The Balaban J connectivity index is 1.64. The van der Waals surface area contributed by atoms with Gasteiger partial charge in [-0.3, -0.25) is 19.4 Å². The summed E-state index contributed by atoms with van der Waals surface area (Å²) < 4.78 is 10.8. The van der Waals surface area contributed by atoms with E-state index in [-0.39, 0.29) is 31.3 Å². The van der Waals surface area contributed by atoms with Gasteiger partial charge in [0.1, 0.15) is 11.5 Å². The van der Waals surface area contributed by atoms with E-state index in [1.165, 1.54) is 0 Å². The number of rotatable bonds is 13. The lowest BCUT2D eigenvalue weighted by Gasteiger charge is -2.24. The zero-order chi connectivity index (χ0) is 31.6. The highest BCUT2D eigenvalue weighted by atomic mass is 16.5. The Morgan fingerprint density at radius 3 is 1.93 bits per heavy atom. The van der Waals surface area contributed by atoms with Gasteiger partial charge in [0, 0.05) is 43.0 Å². The monoisotopic (exact) mass is 595 g/mol. The first-order valence-corrected chi connectivity index (χ1v) is 14.3. The van der Waals surface area contributed by atoms with E-state index in [4.69, 9.17) is 9.47 Å². The van der Waals surface area contributed by atoms with Gasteiger partial charge < -0.3 is 24.4 Å². The lowest BCUT2D eigenvalue weighted by Crippen LogP contribution is -2.35. The number of carbonyl (C=O) groups excluding carboxylic acids is 2. The topological polar surface area (TPSA) is 109 Å². The average Bonchev–Trinajstić information content (AvgIpc) is 3.03. The summed E-state index contributed by atoms with van der Waals surface area (Å²) in [5.41, 5.74) is 4.55. The van der Waals surface area contributed by atoms with Gasteiger partial charge in [-0.2, -0.15) is 0 Å². The van der Waals surface area contributed by atoms with Crippen LogP contribution in [-0.2, 0) is 17.8 Å². The maximum Gasteiger partial charge on any atom is 0.305 e. The third-order valence-electron chi connectivity index (χ3n) is 7.26. The summed E-state index contributed by atoms with van der Waals surface area (Å²) in [5.74, 6) is -0.284. The molecule has 0 radical (unpaired) electrons. The largest absolute Gasteiger partial charge is 0.497 e. The number of carboxylic acid groups (broad SMARTS) is 1. The average molecular weight is 596 g/mol. The van der Waals surface area contributed by atoms with Gasteiger partial charge in [-0.1, -0.05) is 42.5 Å². The quantitative estimate of drug-likeness (QED) is 0.217. The summed E-state index contributed by atoms with van der Waals surface area (Å²) in [6, 6.07) is 25.5. The number of hydrogen-bond acceptors (Lipinski definition) is 6. The van der Waals surface area contributed by atoms with Crippen LogP contribution in [0.5, 0.6) is 11.5 Å². The number of aliphatic carboxylic acids is 1. The molecule has 9 heteroatoms. The van der Waals surface area contributed by atoms with Crippen LogP contribution in [0.3, 0.4) is 0 Å². The summed E-state index contributed by atoms with van der Waals surface area (Å²) in [4.78, 5) is 47.0. The Morgan fingerprint density at radius 2 is 1.36 bits per heavy atom. The van der Waals surface area contributed by atoms with Gasteiger partial charge in [-0.25, -0.2) is 0 Å². The van der Waals surface area contributed by atoms with E-state index in [9.17, 15) is 19.5 Å². The van der Waals surface area contributed by atoms with Crippen LogP contribution in [0.1, 0.15) is 44.1 Å². The Kier molecular flexibility index (Phi) is 10.7. The van der Waals surface area contributed by atoms with Crippen LogP contribution in [0.15, 0.2) is 84.9 Å². The van der Waals surface area contributed by atoms with Crippen molar-refractivity contribution in [3.05, 3.63) is 113 Å². The highest BCUT2D eigenvalue weighted by Crippen LogP contribution is 2.30. The molecule has 0 aliphatic rings. The minimum absolute atomic E-state index is 0.0242. The van der Waals surface area contributed by atoms with E-state index in [1.807, 2.05) is 61.5 Å². The van der Waals surface area contributed by atoms with E-state index in [0.717, 1.165) is 17.0 Å². The van der Waals surface area contributed by atoms with Gasteiger partial charge in [0.05, 0.1) is 32.9 Å². The van der Waals surface area contributed by atoms with Crippen LogP contribution in [-0.4, -0.2) is 72.0 Å². The first kappa shape index (κ1) is 31.7. The smallest absolute Gasteiger partial charge is 0.305 e. The predicted molar refractivity (Wildman–Crippen MR) is 168 cm³/mol. The van der Waals surface area contributed by atoms with E-state index < -0.39 is 5.97 Å². The van der Waals surface area contributed by atoms with Gasteiger partial charge in [0.2, 0.25) is 0 Å². The Morgan fingerprint density at radius 1 is 0.773 bits per heavy atom. The molecule has 0 atom stereocenters. The number of methoxy groups -OCH3 is 2. The molecule has 1 heterocycles. The molecule has 228 valence electrons. The molecule has 0 fully saturated rings. The molecule has 2 amide bonds. The van der Waals surface area contributed by atoms with Crippen molar-refractivity contribution < 1.29 is 29.0 Å². The number of nitrogens with zero attached hydrogens (tertiary/aromatic N) is 3. The van der Waals surface area contributed by atoms with Crippen LogP contribution in [0.2, 0.25) is 0 Å². The van der Waals surface area contributed by atoms with E-state index in [2.05, 4.69) is 4.98 Å². The number of carbonyl (C=O) groups is 3. The fraction of sp³-hybridized carbons (Fsp3) is 0.257. The van der Waals surface area contributed by atoms with Crippen LogP contribution in [0.25, 0.3) is 11.1 Å². The molecule has 44 heavy (non-hydrogen) atoms. The molecule has 4 aromatic rings. The molecular weight excluding hydrogens is 558 g/mol. The maximum absolute atomic E-state index is 14.1. The van der Waals surface area contributed by atoms with Crippen LogP contribution in [0.4, 0.5) is 0 Å². The number of aryl methyl sites for hydroxylation is 1. The summed E-state index contributed by atoms with van der Waals surface area (Å²) in [7, 11) is 4.86. The van der Waals surface area contributed by atoms with Crippen molar-refractivity contribution in [2.75, 3.05) is 34.4 Å². The third-order valence-corrected chi connectivity index (χ3v) is 7.26. The number of carboxylic acids is 1.